The van der Waals surface area contributed by atoms with Gasteiger partial charge in [0.05, 0.1) is 5.69 Å². The summed E-state index contributed by atoms with van der Waals surface area (Å²) >= 11 is 0. The Balaban J connectivity index is 2.56. The lowest BCUT2D eigenvalue weighted by molar-refractivity contribution is 0.567. The second-order valence-electron chi connectivity index (χ2n) is 3.47. The monoisotopic (exact) mass is 181 g/mol. The minimum absolute atomic E-state index is 0.595. The molecule has 0 radical (unpaired) electrons. The van der Waals surface area contributed by atoms with Gasteiger partial charge in [-0.1, -0.05) is 6.92 Å². The lowest BCUT2D eigenvalue weighted by atomic mass is 9.98. The molecule has 0 aliphatic rings. The predicted octanol–water partition coefficient (Wildman–Crippen LogP) is 1.82. The summed E-state index contributed by atoms with van der Waals surface area (Å²) in [6.07, 6.45) is 2.32. The number of hydrogen-bond acceptors (Lipinski definition) is 2. The molecular weight excluding hydrogens is 162 g/mol. The number of aromatic nitrogens is 2. The summed E-state index contributed by atoms with van der Waals surface area (Å²) in [6, 6.07) is 2.14. The molecule has 0 fully saturated rings. The van der Waals surface area contributed by atoms with Crippen molar-refractivity contribution in [2.75, 3.05) is 13.6 Å². The molecule has 1 heterocycles. The Morgan fingerprint density at radius 2 is 2.38 bits per heavy atom. The smallest absolute Gasteiger partial charge is 0.0656 e. The molecule has 0 spiro atoms. The van der Waals surface area contributed by atoms with Crippen LogP contribution in [0.15, 0.2) is 6.07 Å². The highest BCUT2D eigenvalue weighted by Gasteiger charge is 2.11. The van der Waals surface area contributed by atoms with E-state index in [4.69, 9.17) is 0 Å². The Morgan fingerprint density at radius 3 is 2.85 bits per heavy atom. The van der Waals surface area contributed by atoms with Crippen LogP contribution in [0.25, 0.3) is 0 Å². The molecule has 0 saturated heterocycles. The van der Waals surface area contributed by atoms with E-state index in [0.717, 1.165) is 25.1 Å². The average Bonchev–Trinajstić information content (AvgIpc) is 2.54. The zero-order valence-electron chi connectivity index (χ0n) is 8.72. The number of rotatable bonds is 5. The van der Waals surface area contributed by atoms with Crippen LogP contribution in [0.2, 0.25) is 0 Å². The third-order valence-corrected chi connectivity index (χ3v) is 2.38. The molecule has 0 aromatic carbocycles. The third kappa shape index (κ3) is 2.84. The first-order valence-electron chi connectivity index (χ1n) is 4.94. The largest absolute Gasteiger partial charge is 0.320 e. The lowest BCUT2D eigenvalue weighted by Gasteiger charge is -2.10. The average molecular weight is 181 g/mol. The van der Waals surface area contributed by atoms with E-state index in [1.165, 1.54) is 5.69 Å². The molecule has 0 bridgehead atoms. The van der Waals surface area contributed by atoms with Crippen LogP contribution in [0, 0.1) is 6.92 Å². The highest BCUT2D eigenvalue weighted by atomic mass is 15.1. The first-order valence-corrected chi connectivity index (χ1v) is 4.94. The number of nitrogens with one attached hydrogen (secondary N) is 2. The van der Waals surface area contributed by atoms with Crippen molar-refractivity contribution in [2.45, 2.75) is 32.6 Å². The van der Waals surface area contributed by atoms with E-state index in [9.17, 15) is 0 Å². The summed E-state index contributed by atoms with van der Waals surface area (Å²) in [4.78, 5) is 0. The molecule has 3 heteroatoms. The van der Waals surface area contributed by atoms with E-state index >= 15 is 0 Å². The molecule has 2 N–H and O–H groups in total. The minimum Gasteiger partial charge on any atom is -0.320 e. The first kappa shape index (κ1) is 10.3. The molecule has 0 aliphatic heterocycles. The van der Waals surface area contributed by atoms with E-state index in [1.807, 2.05) is 14.0 Å². The quantitative estimate of drug-likeness (QED) is 0.727. The van der Waals surface area contributed by atoms with E-state index in [0.29, 0.717) is 5.92 Å². The van der Waals surface area contributed by atoms with Crippen LogP contribution in [0.1, 0.15) is 37.1 Å². The standard InChI is InChI=1S/C10H19N3/c1-4-9(5-6-11-3)10-7-8(2)12-13-10/h7,9,11H,4-6H2,1-3H3,(H,12,13). The Morgan fingerprint density at radius 1 is 1.62 bits per heavy atom. The molecule has 1 atom stereocenters. The molecule has 3 nitrogen and oxygen atoms in total. The fourth-order valence-electron chi connectivity index (χ4n) is 1.53. The molecule has 0 amide bonds. The van der Waals surface area contributed by atoms with Crippen LogP contribution in [0.5, 0.6) is 0 Å². The molecule has 1 unspecified atom stereocenters. The number of aromatic amines is 1. The van der Waals surface area contributed by atoms with Crippen molar-refractivity contribution >= 4 is 0 Å². The van der Waals surface area contributed by atoms with Gasteiger partial charge in [0.15, 0.2) is 0 Å². The Bertz CT molecular complexity index is 242. The molecule has 1 aromatic heterocycles. The fourth-order valence-corrected chi connectivity index (χ4v) is 1.53. The molecule has 74 valence electrons. The van der Waals surface area contributed by atoms with Crippen molar-refractivity contribution < 1.29 is 0 Å². The molecule has 0 saturated carbocycles. The number of H-pyrrole nitrogens is 1. The van der Waals surface area contributed by atoms with Crippen LogP contribution >= 0.6 is 0 Å². The van der Waals surface area contributed by atoms with Gasteiger partial charge in [-0.15, -0.1) is 0 Å². The lowest BCUT2D eigenvalue weighted by Crippen LogP contribution is -2.12. The van der Waals surface area contributed by atoms with Gasteiger partial charge in [0.2, 0.25) is 0 Å². The molecule has 1 rings (SSSR count). The summed E-state index contributed by atoms with van der Waals surface area (Å²) in [7, 11) is 1.99. The highest BCUT2D eigenvalue weighted by molar-refractivity contribution is 5.11. The fraction of sp³-hybridized carbons (Fsp3) is 0.700. The maximum atomic E-state index is 4.29. The van der Waals surface area contributed by atoms with Crippen LogP contribution in [-0.2, 0) is 0 Å². The van der Waals surface area contributed by atoms with E-state index < -0.39 is 0 Å². The zero-order valence-corrected chi connectivity index (χ0v) is 8.72. The predicted molar refractivity (Wildman–Crippen MR) is 54.9 cm³/mol. The highest BCUT2D eigenvalue weighted by Crippen LogP contribution is 2.20. The van der Waals surface area contributed by atoms with Crippen molar-refractivity contribution in [2.24, 2.45) is 0 Å². The van der Waals surface area contributed by atoms with E-state index in [-0.39, 0.29) is 0 Å². The summed E-state index contributed by atoms with van der Waals surface area (Å²) in [6.45, 7) is 5.32. The van der Waals surface area contributed by atoms with Gasteiger partial charge in [0.1, 0.15) is 0 Å². The van der Waals surface area contributed by atoms with Crippen molar-refractivity contribution in [1.29, 1.82) is 0 Å². The van der Waals surface area contributed by atoms with Crippen molar-refractivity contribution in [3.63, 3.8) is 0 Å². The molecule has 0 aliphatic carbocycles. The van der Waals surface area contributed by atoms with Gasteiger partial charge < -0.3 is 5.32 Å². The summed E-state index contributed by atoms with van der Waals surface area (Å²) in [5.41, 5.74) is 2.35. The van der Waals surface area contributed by atoms with Crippen LogP contribution in [0.4, 0.5) is 0 Å². The van der Waals surface area contributed by atoms with Gasteiger partial charge in [-0.05, 0) is 39.4 Å². The molecule has 13 heavy (non-hydrogen) atoms. The van der Waals surface area contributed by atoms with Gasteiger partial charge in [-0.2, -0.15) is 5.10 Å². The first-order chi connectivity index (χ1) is 6.27. The van der Waals surface area contributed by atoms with Crippen molar-refractivity contribution in [3.05, 3.63) is 17.5 Å². The number of hydrogen-bond donors (Lipinski definition) is 2. The number of aryl methyl sites for hydroxylation is 1. The van der Waals surface area contributed by atoms with Gasteiger partial charge in [0, 0.05) is 11.6 Å². The second-order valence-corrected chi connectivity index (χ2v) is 3.47. The Kier molecular flexibility index (Phi) is 3.96. The van der Waals surface area contributed by atoms with E-state index in [2.05, 4.69) is 28.5 Å². The molecule has 1 aromatic rings. The normalized spacial score (nSPS) is 13.2. The summed E-state index contributed by atoms with van der Waals surface area (Å²) in [5, 5.41) is 10.4. The maximum absolute atomic E-state index is 4.29. The summed E-state index contributed by atoms with van der Waals surface area (Å²) < 4.78 is 0. The van der Waals surface area contributed by atoms with E-state index in [1.54, 1.807) is 0 Å². The SMILES string of the molecule is CCC(CCNC)c1cc(C)[nH]n1. The summed E-state index contributed by atoms with van der Waals surface area (Å²) in [5.74, 6) is 0.595. The Hall–Kier alpha value is -0.830. The van der Waals surface area contributed by atoms with Gasteiger partial charge in [0.25, 0.3) is 0 Å². The zero-order chi connectivity index (χ0) is 9.68. The van der Waals surface area contributed by atoms with Crippen LogP contribution in [0.3, 0.4) is 0 Å². The number of nitrogens with zero attached hydrogens (tertiary/aromatic N) is 1. The second kappa shape index (κ2) is 5.02. The minimum atomic E-state index is 0.595. The maximum Gasteiger partial charge on any atom is 0.0656 e. The van der Waals surface area contributed by atoms with Gasteiger partial charge >= 0.3 is 0 Å². The van der Waals surface area contributed by atoms with Crippen LogP contribution < -0.4 is 5.32 Å². The van der Waals surface area contributed by atoms with Gasteiger partial charge in [-0.3, -0.25) is 5.10 Å². The van der Waals surface area contributed by atoms with Crippen molar-refractivity contribution in [3.8, 4) is 0 Å². The topological polar surface area (TPSA) is 40.7 Å². The van der Waals surface area contributed by atoms with Crippen LogP contribution in [-0.4, -0.2) is 23.8 Å². The van der Waals surface area contributed by atoms with Crippen molar-refractivity contribution in [1.82, 2.24) is 15.5 Å². The van der Waals surface area contributed by atoms with Gasteiger partial charge in [-0.25, -0.2) is 0 Å². The Labute approximate surface area is 79.9 Å². The molecular formula is C10H19N3. The third-order valence-electron chi connectivity index (χ3n) is 2.38.